The van der Waals surface area contributed by atoms with Gasteiger partial charge in [-0.05, 0) is 13.8 Å². The number of terminal acetylenes is 1. The lowest BCUT2D eigenvalue weighted by molar-refractivity contribution is 0.616. The fourth-order valence-corrected chi connectivity index (χ4v) is 1.27. The van der Waals surface area contributed by atoms with Crippen molar-refractivity contribution in [2.75, 3.05) is 5.32 Å². The average molecular weight is 226 g/mol. The Hall–Kier alpha value is -1.47. The van der Waals surface area contributed by atoms with E-state index in [0.717, 1.165) is 0 Å². The molecule has 1 heterocycles. The van der Waals surface area contributed by atoms with Gasteiger partial charge in [0.2, 0.25) is 0 Å². The van der Waals surface area contributed by atoms with Crippen LogP contribution in [0.4, 0.5) is 5.69 Å². The van der Waals surface area contributed by atoms with Crippen LogP contribution in [0.25, 0.3) is 0 Å². The molecular formula is C10H12ClN3O. The van der Waals surface area contributed by atoms with Gasteiger partial charge in [-0.15, -0.1) is 6.42 Å². The highest BCUT2D eigenvalue weighted by atomic mass is 35.5. The van der Waals surface area contributed by atoms with Gasteiger partial charge in [-0.25, -0.2) is 4.68 Å². The largest absolute Gasteiger partial charge is 0.369 e. The van der Waals surface area contributed by atoms with Gasteiger partial charge in [0.15, 0.2) is 0 Å². The summed E-state index contributed by atoms with van der Waals surface area (Å²) in [6.45, 7) is 4.10. The van der Waals surface area contributed by atoms with Gasteiger partial charge in [0, 0.05) is 6.54 Å². The molecule has 0 amide bonds. The topological polar surface area (TPSA) is 46.9 Å². The fourth-order valence-electron chi connectivity index (χ4n) is 1.07. The minimum absolute atomic E-state index is 0.119. The Morgan fingerprint density at radius 3 is 3.00 bits per heavy atom. The second kappa shape index (κ2) is 4.85. The van der Waals surface area contributed by atoms with E-state index in [0.29, 0.717) is 12.2 Å². The lowest BCUT2D eigenvalue weighted by Crippen LogP contribution is -2.24. The predicted octanol–water partition coefficient (Wildman–Crippen LogP) is 1.35. The first kappa shape index (κ1) is 11.6. The highest BCUT2D eigenvalue weighted by Gasteiger charge is 2.09. The third-order valence-corrected chi connectivity index (χ3v) is 2.27. The lowest BCUT2D eigenvalue weighted by Gasteiger charge is -2.11. The molecule has 1 rings (SSSR count). The molecule has 0 aliphatic rings. The number of nitrogens with one attached hydrogen (secondary N) is 1. The molecule has 4 nitrogen and oxygen atoms in total. The van der Waals surface area contributed by atoms with E-state index in [9.17, 15) is 4.79 Å². The van der Waals surface area contributed by atoms with Crippen LogP contribution in [0.3, 0.4) is 0 Å². The van der Waals surface area contributed by atoms with E-state index >= 15 is 0 Å². The average Bonchev–Trinajstić information content (AvgIpc) is 2.25. The number of rotatable bonds is 3. The summed E-state index contributed by atoms with van der Waals surface area (Å²) < 4.78 is 1.29. The summed E-state index contributed by atoms with van der Waals surface area (Å²) in [4.78, 5) is 11.6. The van der Waals surface area contributed by atoms with E-state index in [-0.39, 0.29) is 16.6 Å². The van der Waals surface area contributed by atoms with E-state index < -0.39 is 0 Å². The van der Waals surface area contributed by atoms with Crippen molar-refractivity contribution in [2.45, 2.75) is 26.4 Å². The molecule has 0 spiro atoms. The smallest absolute Gasteiger partial charge is 0.287 e. The van der Waals surface area contributed by atoms with E-state index in [2.05, 4.69) is 16.3 Å². The van der Waals surface area contributed by atoms with Crippen LogP contribution < -0.4 is 10.9 Å². The minimum atomic E-state index is -0.312. The molecule has 0 aromatic carbocycles. The van der Waals surface area contributed by atoms with Crippen LogP contribution in [0.1, 0.15) is 13.8 Å². The zero-order valence-corrected chi connectivity index (χ0v) is 9.38. The van der Waals surface area contributed by atoms with Crippen molar-refractivity contribution in [3.63, 3.8) is 0 Å². The molecule has 0 bridgehead atoms. The summed E-state index contributed by atoms with van der Waals surface area (Å²) in [5, 5.41) is 6.96. The quantitative estimate of drug-likeness (QED) is 0.790. The molecule has 80 valence electrons. The second-order valence-electron chi connectivity index (χ2n) is 3.03. The Kier molecular flexibility index (Phi) is 3.75. The Morgan fingerprint density at radius 1 is 1.80 bits per heavy atom. The highest BCUT2D eigenvalue weighted by Crippen LogP contribution is 2.15. The molecule has 0 fully saturated rings. The molecule has 1 N–H and O–H groups in total. The minimum Gasteiger partial charge on any atom is -0.369 e. The van der Waals surface area contributed by atoms with Gasteiger partial charge in [0.05, 0.1) is 17.9 Å². The van der Waals surface area contributed by atoms with Crippen molar-refractivity contribution in [1.29, 1.82) is 0 Å². The van der Waals surface area contributed by atoms with Crippen molar-refractivity contribution >= 4 is 17.3 Å². The molecule has 1 aromatic heterocycles. The number of halogens is 1. The summed E-state index contributed by atoms with van der Waals surface area (Å²) in [5.74, 6) is 2.48. The molecule has 0 radical (unpaired) electrons. The molecule has 1 atom stereocenters. The van der Waals surface area contributed by atoms with Gasteiger partial charge in [-0.3, -0.25) is 4.79 Å². The maximum atomic E-state index is 11.6. The fraction of sp³-hybridized carbons (Fsp3) is 0.400. The van der Waals surface area contributed by atoms with Crippen molar-refractivity contribution in [2.24, 2.45) is 0 Å². The van der Waals surface area contributed by atoms with Crippen LogP contribution in [0, 0.1) is 12.3 Å². The number of aromatic nitrogens is 2. The third kappa shape index (κ3) is 2.51. The number of aryl methyl sites for hydroxylation is 1. The number of hydrogen-bond donors (Lipinski definition) is 1. The molecule has 5 heteroatoms. The van der Waals surface area contributed by atoms with E-state index in [1.807, 2.05) is 6.92 Å². The number of hydrogen-bond acceptors (Lipinski definition) is 3. The van der Waals surface area contributed by atoms with Crippen LogP contribution >= 0.6 is 11.6 Å². The Balaban J connectivity index is 3.08. The first-order valence-electron chi connectivity index (χ1n) is 4.58. The Bertz CT molecular complexity index is 447. The van der Waals surface area contributed by atoms with Crippen molar-refractivity contribution in [1.82, 2.24) is 9.78 Å². The SMILES string of the molecule is C#CC(C)Nc1cnn(CC)c(=O)c1Cl. The summed E-state index contributed by atoms with van der Waals surface area (Å²) in [6, 6.07) is -0.193. The van der Waals surface area contributed by atoms with Crippen LogP contribution in [-0.2, 0) is 6.54 Å². The molecule has 0 saturated carbocycles. The van der Waals surface area contributed by atoms with Crippen LogP contribution in [0.2, 0.25) is 5.02 Å². The second-order valence-corrected chi connectivity index (χ2v) is 3.40. The Morgan fingerprint density at radius 2 is 2.47 bits per heavy atom. The summed E-state index contributed by atoms with van der Waals surface area (Å²) in [5.41, 5.74) is 0.158. The molecule has 0 saturated heterocycles. The van der Waals surface area contributed by atoms with Crippen LogP contribution in [0.15, 0.2) is 11.0 Å². The number of nitrogens with zero attached hydrogens (tertiary/aromatic N) is 2. The summed E-state index contributed by atoms with van der Waals surface area (Å²) in [7, 11) is 0. The first-order chi connectivity index (χ1) is 7.10. The lowest BCUT2D eigenvalue weighted by atomic mass is 10.3. The normalized spacial score (nSPS) is 11.9. The summed E-state index contributed by atoms with van der Waals surface area (Å²) in [6.07, 6.45) is 6.71. The van der Waals surface area contributed by atoms with Gasteiger partial charge < -0.3 is 5.32 Å². The summed E-state index contributed by atoms with van der Waals surface area (Å²) >= 11 is 5.87. The van der Waals surface area contributed by atoms with E-state index in [1.54, 1.807) is 6.92 Å². The van der Waals surface area contributed by atoms with Crippen molar-refractivity contribution < 1.29 is 0 Å². The molecule has 1 aromatic rings. The van der Waals surface area contributed by atoms with Crippen LogP contribution in [0.5, 0.6) is 0 Å². The van der Waals surface area contributed by atoms with E-state index in [4.69, 9.17) is 18.0 Å². The van der Waals surface area contributed by atoms with Crippen molar-refractivity contribution in [3.8, 4) is 12.3 Å². The number of anilines is 1. The standard InChI is InChI=1S/C10H12ClN3O/c1-4-7(3)13-8-6-12-14(5-2)10(15)9(8)11/h1,6-7,13H,5H2,2-3H3. The van der Waals surface area contributed by atoms with Gasteiger partial charge in [-0.1, -0.05) is 17.5 Å². The third-order valence-electron chi connectivity index (χ3n) is 1.91. The van der Waals surface area contributed by atoms with Crippen molar-refractivity contribution in [3.05, 3.63) is 21.6 Å². The highest BCUT2D eigenvalue weighted by molar-refractivity contribution is 6.32. The zero-order valence-electron chi connectivity index (χ0n) is 8.62. The molecule has 0 aliphatic heterocycles. The maximum Gasteiger partial charge on any atom is 0.287 e. The molecule has 1 unspecified atom stereocenters. The molecular weight excluding hydrogens is 214 g/mol. The van der Waals surface area contributed by atoms with Gasteiger partial charge >= 0.3 is 0 Å². The Labute approximate surface area is 93.3 Å². The van der Waals surface area contributed by atoms with E-state index in [1.165, 1.54) is 10.9 Å². The van der Waals surface area contributed by atoms with Gasteiger partial charge in [-0.2, -0.15) is 5.10 Å². The monoisotopic (exact) mass is 225 g/mol. The predicted molar refractivity (Wildman–Crippen MR) is 61.1 cm³/mol. The maximum absolute atomic E-state index is 11.6. The van der Waals surface area contributed by atoms with Crippen LogP contribution in [-0.4, -0.2) is 15.8 Å². The molecule has 15 heavy (non-hydrogen) atoms. The van der Waals surface area contributed by atoms with Gasteiger partial charge in [0.1, 0.15) is 5.02 Å². The van der Waals surface area contributed by atoms with Gasteiger partial charge in [0.25, 0.3) is 5.56 Å². The first-order valence-corrected chi connectivity index (χ1v) is 4.96. The zero-order chi connectivity index (χ0) is 11.4. The molecule has 0 aliphatic carbocycles.